The minimum absolute atomic E-state index is 0.0567. The van der Waals surface area contributed by atoms with Crippen LogP contribution in [0.15, 0.2) is 182 Å². The summed E-state index contributed by atoms with van der Waals surface area (Å²) in [6.07, 6.45) is 106. The van der Waals surface area contributed by atoms with Gasteiger partial charge in [0.25, 0.3) is 0 Å². The van der Waals surface area contributed by atoms with Crippen LogP contribution in [0.4, 0.5) is 0 Å². The molecule has 0 bridgehead atoms. The van der Waals surface area contributed by atoms with Crippen molar-refractivity contribution in [3.63, 3.8) is 0 Å². The minimum atomic E-state index is -4.95. The van der Waals surface area contributed by atoms with E-state index in [4.69, 9.17) is 32.3 Å². The van der Waals surface area contributed by atoms with Crippen LogP contribution in [-0.4, -0.2) is 95.9 Å². The standard InChI is InChI=1S/C91H150O16P2/c1-4-7-10-13-16-19-22-25-28-31-34-36-38-39-40-41-42-43-44-45-47-49-51-53-56-59-62-65-68-71-74-77-89(94)101-80-86(92)81-103-108(97,98)104-82-87(93)83-105-109(99,100)106-85-88(107-91(96)79-76-73-70-67-64-61-58-55-50-33-30-27-24-21-18-15-12-9-6-3)84-102-90(95)78-75-72-69-66-63-60-57-54-52-48-46-37-35-32-29-26-23-20-17-14-11-8-5-2/h7,9-10,12,16-21,25-30,34-37,39-40,42-43,48,50,52,55,61,64,86-88,92-93H,4-6,8,11,13-15,22-24,31-33,38,41,44-47,49,51,53-54,56-60,62-63,65-85H2,1-3H3,(H,97,98)(H,99,100)/b10-7-,12-9-,19-16-,20-17-,21-18-,28-25-,29-26-,30-27-,36-34-,37-35-,40-39-,43-42-,52-48-,55-50-,64-61-. The molecule has 0 heterocycles. The zero-order valence-electron chi connectivity index (χ0n) is 67.9. The van der Waals surface area contributed by atoms with Gasteiger partial charge in [-0.3, -0.25) is 32.5 Å². The second kappa shape index (κ2) is 82.1. The molecule has 0 amide bonds. The van der Waals surface area contributed by atoms with E-state index in [0.717, 1.165) is 180 Å². The topological polar surface area (TPSA) is 231 Å². The van der Waals surface area contributed by atoms with Gasteiger partial charge in [-0.15, -0.1) is 0 Å². The second-order valence-corrected chi connectivity index (χ2v) is 30.4. The first-order valence-corrected chi connectivity index (χ1v) is 45.1. The van der Waals surface area contributed by atoms with E-state index in [1.54, 1.807) is 0 Å². The largest absolute Gasteiger partial charge is 0.472 e. The Bertz CT molecular complexity index is 2710. The zero-order chi connectivity index (χ0) is 79.4. The van der Waals surface area contributed by atoms with Gasteiger partial charge in [0, 0.05) is 19.3 Å². The van der Waals surface area contributed by atoms with Gasteiger partial charge in [-0.1, -0.05) is 319 Å². The normalized spacial score (nSPS) is 14.8. The summed E-state index contributed by atoms with van der Waals surface area (Å²) >= 11 is 0. The fraction of sp³-hybridized carbons (Fsp3) is 0.637. The summed E-state index contributed by atoms with van der Waals surface area (Å²) in [6.45, 7) is 2.37. The molecular formula is C91H150O16P2. The van der Waals surface area contributed by atoms with E-state index in [1.807, 2.05) is 0 Å². The fourth-order valence-corrected chi connectivity index (χ4v) is 12.3. The first-order valence-electron chi connectivity index (χ1n) is 42.1. The van der Waals surface area contributed by atoms with Gasteiger partial charge in [0.2, 0.25) is 0 Å². The number of aliphatic hydroxyl groups is 2. The maximum atomic E-state index is 13.0. The highest BCUT2D eigenvalue weighted by Crippen LogP contribution is 2.45. The van der Waals surface area contributed by atoms with E-state index >= 15 is 0 Å². The van der Waals surface area contributed by atoms with Gasteiger partial charge in [0.05, 0.1) is 26.4 Å². The van der Waals surface area contributed by atoms with Crippen molar-refractivity contribution in [3.05, 3.63) is 182 Å². The van der Waals surface area contributed by atoms with Gasteiger partial charge in [-0.2, -0.15) is 0 Å². The molecular weight excluding hydrogens is 1410 g/mol. The van der Waals surface area contributed by atoms with Gasteiger partial charge in [-0.05, 0) is 161 Å². The van der Waals surface area contributed by atoms with E-state index in [-0.39, 0.29) is 19.3 Å². The van der Waals surface area contributed by atoms with Crippen molar-refractivity contribution >= 4 is 33.6 Å². The molecule has 0 aromatic heterocycles. The highest BCUT2D eigenvalue weighted by molar-refractivity contribution is 7.47. The number of allylic oxidation sites excluding steroid dienone is 30. The lowest BCUT2D eigenvalue weighted by Crippen LogP contribution is -2.30. The van der Waals surface area contributed by atoms with Crippen LogP contribution in [0.1, 0.15) is 316 Å². The number of esters is 3. The smallest absolute Gasteiger partial charge is 0.463 e. The van der Waals surface area contributed by atoms with Crippen molar-refractivity contribution in [2.75, 3.05) is 39.6 Å². The zero-order valence-corrected chi connectivity index (χ0v) is 69.7. The van der Waals surface area contributed by atoms with Crippen LogP contribution in [-0.2, 0) is 55.8 Å². The summed E-state index contributed by atoms with van der Waals surface area (Å²) in [5.41, 5.74) is 0. The first kappa shape index (κ1) is 104. The number of unbranched alkanes of at least 4 members (excludes halogenated alkanes) is 25. The van der Waals surface area contributed by atoms with Crippen molar-refractivity contribution in [1.82, 2.24) is 0 Å². The maximum Gasteiger partial charge on any atom is 0.472 e. The first-order chi connectivity index (χ1) is 53.2. The van der Waals surface area contributed by atoms with Crippen LogP contribution >= 0.6 is 15.6 Å². The Morgan fingerprint density at radius 1 is 0.266 bits per heavy atom. The van der Waals surface area contributed by atoms with Gasteiger partial charge in [0.1, 0.15) is 25.4 Å². The lowest BCUT2D eigenvalue weighted by Gasteiger charge is -2.21. The van der Waals surface area contributed by atoms with E-state index in [0.29, 0.717) is 19.3 Å². The van der Waals surface area contributed by atoms with Crippen LogP contribution in [0.2, 0.25) is 0 Å². The summed E-state index contributed by atoms with van der Waals surface area (Å²) in [6, 6.07) is 0. The molecule has 0 aliphatic rings. The van der Waals surface area contributed by atoms with Gasteiger partial charge >= 0.3 is 33.6 Å². The molecule has 5 atom stereocenters. The molecule has 0 spiro atoms. The Morgan fingerprint density at radius 2 is 0.486 bits per heavy atom. The average Bonchev–Trinajstić information content (AvgIpc) is 0.902. The Kier molecular flexibility index (Phi) is 78.1. The number of carbonyl (C=O) groups excluding carboxylic acids is 3. The van der Waals surface area contributed by atoms with Crippen molar-refractivity contribution in [3.8, 4) is 0 Å². The average molecular weight is 1560 g/mol. The van der Waals surface area contributed by atoms with Gasteiger partial charge in [-0.25, -0.2) is 9.13 Å². The molecule has 0 rings (SSSR count). The Labute approximate surface area is 662 Å². The number of hydrogen-bond acceptors (Lipinski definition) is 14. The number of carbonyl (C=O) groups is 3. The predicted molar refractivity (Wildman–Crippen MR) is 454 cm³/mol. The molecule has 0 aromatic carbocycles. The lowest BCUT2D eigenvalue weighted by atomic mass is 10.0. The molecule has 18 heteroatoms. The third-order valence-corrected chi connectivity index (χ3v) is 19.0. The van der Waals surface area contributed by atoms with Crippen LogP contribution in [0.5, 0.6) is 0 Å². The number of ether oxygens (including phenoxy) is 3. The molecule has 620 valence electrons. The van der Waals surface area contributed by atoms with Crippen molar-refractivity contribution in [2.45, 2.75) is 334 Å². The molecule has 4 N–H and O–H groups in total. The Balaban J connectivity index is 4.62. The SMILES string of the molecule is CC/C=C\C/C=C\C/C=C\C/C=C\C/C=C\C/C=C\CCCCCCCCCCCCCCC(=O)OCC(O)COP(=O)(O)OCC(O)COP(=O)(O)OCC(COC(=O)CCCCCCCCC/C=C\C/C=C\C/C=C\C/C=C\CCCCC)OC(=O)CCCCC/C=C\C/C=C\C/C=C\C/C=C\C/C=C\CC. The Morgan fingerprint density at radius 3 is 0.780 bits per heavy atom. The summed E-state index contributed by atoms with van der Waals surface area (Å²) in [5, 5.41) is 20.7. The molecule has 16 nitrogen and oxygen atoms in total. The second-order valence-electron chi connectivity index (χ2n) is 27.5. The molecule has 5 unspecified atom stereocenters. The van der Waals surface area contributed by atoms with Gasteiger partial charge < -0.3 is 34.2 Å². The number of aliphatic hydroxyl groups excluding tert-OH is 2. The molecule has 0 fully saturated rings. The third kappa shape index (κ3) is 83.4. The summed E-state index contributed by atoms with van der Waals surface area (Å²) in [7, 11) is -9.82. The van der Waals surface area contributed by atoms with E-state index < -0.39 is 91.5 Å². The summed E-state index contributed by atoms with van der Waals surface area (Å²) in [5.74, 6) is -1.63. The van der Waals surface area contributed by atoms with Crippen molar-refractivity contribution in [1.29, 1.82) is 0 Å². The fourth-order valence-electron chi connectivity index (χ4n) is 10.8. The van der Waals surface area contributed by atoms with Crippen LogP contribution < -0.4 is 0 Å². The van der Waals surface area contributed by atoms with E-state index in [9.17, 15) is 43.5 Å². The number of hydrogen-bond donors (Lipinski definition) is 4. The number of phosphoric ester groups is 2. The van der Waals surface area contributed by atoms with Crippen molar-refractivity contribution < 1.29 is 75.8 Å². The molecule has 0 aliphatic heterocycles. The molecule has 109 heavy (non-hydrogen) atoms. The summed E-state index contributed by atoms with van der Waals surface area (Å²) < 4.78 is 61.3. The molecule has 0 radical (unpaired) electrons. The Hall–Kier alpha value is -5.35. The molecule has 0 aromatic rings. The van der Waals surface area contributed by atoms with E-state index in [1.165, 1.54) is 77.0 Å². The van der Waals surface area contributed by atoms with Gasteiger partial charge in [0.15, 0.2) is 6.10 Å². The van der Waals surface area contributed by atoms with Crippen LogP contribution in [0.25, 0.3) is 0 Å². The highest BCUT2D eigenvalue weighted by Gasteiger charge is 2.29. The molecule has 0 saturated heterocycles. The molecule has 0 aliphatic carbocycles. The quantitative estimate of drug-likeness (QED) is 0.0146. The maximum absolute atomic E-state index is 13.0. The third-order valence-electron chi connectivity index (χ3n) is 17.1. The van der Waals surface area contributed by atoms with E-state index in [2.05, 4.69) is 203 Å². The van der Waals surface area contributed by atoms with Crippen molar-refractivity contribution in [2.24, 2.45) is 0 Å². The molecule has 0 saturated carbocycles. The monoisotopic (exact) mass is 1560 g/mol. The minimum Gasteiger partial charge on any atom is -0.463 e. The summed E-state index contributed by atoms with van der Waals surface area (Å²) in [4.78, 5) is 58.8. The predicted octanol–water partition coefficient (Wildman–Crippen LogP) is 25.3. The lowest BCUT2D eigenvalue weighted by molar-refractivity contribution is -0.161. The highest BCUT2D eigenvalue weighted by atomic mass is 31.2. The number of rotatable bonds is 78. The number of phosphoric acid groups is 2. The van der Waals surface area contributed by atoms with Crippen LogP contribution in [0.3, 0.4) is 0 Å². The van der Waals surface area contributed by atoms with Crippen LogP contribution in [0, 0.1) is 0 Å².